The number of carbonyl (C=O) groups excluding carboxylic acids is 1. The molecule has 3 aromatic rings. The predicted molar refractivity (Wildman–Crippen MR) is 140 cm³/mol. The fraction of sp³-hybridized carbons (Fsp3) is 0.423. The molecule has 1 atom stereocenters. The van der Waals surface area contributed by atoms with E-state index in [9.17, 15) is 9.18 Å². The van der Waals surface area contributed by atoms with Gasteiger partial charge in [-0.25, -0.2) is 9.37 Å². The summed E-state index contributed by atoms with van der Waals surface area (Å²) < 4.78 is 22.0. The number of carbonyl (C=O) groups is 1. The molecule has 0 aliphatic carbocycles. The molecular weight excluding hydrogens is 504 g/mol. The summed E-state index contributed by atoms with van der Waals surface area (Å²) in [7, 11) is 0. The molecule has 2 aromatic heterocycles. The molecule has 10 heteroatoms. The van der Waals surface area contributed by atoms with Crippen LogP contribution in [-0.4, -0.2) is 45.1 Å². The maximum Gasteiger partial charge on any atom is 0.166 e. The van der Waals surface area contributed by atoms with Crippen molar-refractivity contribution < 1.29 is 13.9 Å². The summed E-state index contributed by atoms with van der Waals surface area (Å²) in [4.78, 5) is 18.5. The van der Waals surface area contributed by atoms with Crippen LogP contribution in [0.25, 0.3) is 11.1 Å². The van der Waals surface area contributed by atoms with Crippen LogP contribution in [0, 0.1) is 11.7 Å². The van der Waals surface area contributed by atoms with Gasteiger partial charge in [-0.15, -0.1) is 0 Å². The van der Waals surface area contributed by atoms with E-state index in [1.54, 1.807) is 25.4 Å². The molecule has 1 fully saturated rings. The minimum Gasteiger partial charge on any atom is -0.482 e. The number of likely N-dealkylation sites (tertiary alicyclic amines) is 1. The molecule has 1 aromatic carbocycles. The summed E-state index contributed by atoms with van der Waals surface area (Å²) in [6.45, 7) is 7.84. The average molecular weight is 534 g/mol. The van der Waals surface area contributed by atoms with Crippen molar-refractivity contribution in [2.75, 3.05) is 25.4 Å². The third-order valence-electron chi connectivity index (χ3n) is 6.56. The lowest BCUT2D eigenvalue weighted by Crippen LogP contribution is -2.39. The van der Waals surface area contributed by atoms with Crippen molar-refractivity contribution in [3.8, 4) is 16.9 Å². The molecule has 0 saturated carbocycles. The standard InChI is InChI=1S/C26H30Cl2FN5O2/c1-15(2)22(35)14-33-8-6-19(7-9-33)34-13-18(12-32-34)17-10-23(26(30)31-11-17)36-16(3)24-20(27)4-5-21(29)25(24)28/h4-5,10-13,15-16,19H,6-9,14H2,1-3H3,(H2,30,31). The number of ether oxygens (including phenoxy) is 1. The maximum atomic E-state index is 14.0. The highest BCUT2D eigenvalue weighted by atomic mass is 35.5. The second-order valence-electron chi connectivity index (χ2n) is 9.46. The fourth-order valence-corrected chi connectivity index (χ4v) is 4.98. The third kappa shape index (κ3) is 5.82. The number of anilines is 1. The molecule has 3 heterocycles. The van der Waals surface area contributed by atoms with Crippen LogP contribution in [0.5, 0.6) is 5.75 Å². The first kappa shape index (κ1) is 26.4. The van der Waals surface area contributed by atoms with Gasteiger partial charge in [-0.2, -0.15) is 5.10 Å². The molecule has 0 bridgehead atoms. The van der Waals surface area contributed by atoms with Crippen molar-refractivity contribution >= 4 is 34.8 Å². The molecule has 0 amide bonds. The number of pyridine rings is 1. The molecule has 192 valence electrons. The van der Waals surface area contributed by atoms with Gasteiger partial charge in [-0.1, -0.05) is 37.0 Å². The number of piperidine rings is 1. The Kier molecular flexibility index (Phi) is 8.17. The number of halogens is 3. The van der Waals surface area contributed by atoms with Crippen LogP contribution in [0.2, 0.25) is 10.0 Å². The molecule has 0 radical (unpaired) electrons. The van der Waals surface area contributed by atoms with E-state index in [1.165, 1.54) is 12.1 Å². The summed E-state index contributed by atoms with van der Waals surface area (Å²) >= 11 is 12.4. The van der Waals surface area contributed by atoms with Crippen molar-refractivity contribution in [3.63, 3.8) is 0 Å². The number of nitrogen functional groups attached to an aromatic ring is 1. The maximum absolute atomic E-state index is 14.0. The van der Waals surface area contributed by atoms with E-state index in [0.29, 0.717) is 22.9 Å². The van der Waals surface area contributed by atoms with Gasteiger partial charge in [0.05, 0.1) is 23.8 Å². The van der Waals surface area contributed by atoms with Gasteiger partial charge in [0.25, 0.3) is 0 Å². The normalized spacial score (nSPS) is 15.9. The fourth-order valence-electron chi connectivity index (χ4n) is 4.30. The molecule has 1 aliphatic rings. The van der Waals surface area contributed by atoms with Gasteiger partial charge in [0.15, 0.2) is 11.6 Å². The van der Waals surface area contributed by atoms with E-state index in [1.807, 2.05) is 24.7 Å². The number of hydrogen-bond acceptors (Lipinski definition) is 6. The van der Waals surface area contributed by atoms with Crippen LogP contribution in [-0.2, 0) is 4.79 Å². The quantitative estimate of drug-likeness (QED) is 0.358. The Hall–Kier alpha value is -2.68. The van der Waals surface area contributed by atoms with E-state index in [2.05, 4.69) is 15.0 Å². The lowest BCUT2D eigenvalue weighted by Gasteiger charge is -2.31. The van der Waals surface area contributed by atoms with Gasteiger partial charge in [-0.3, -0.25) is 14.4 Å². The highest BCUT2D eigenvalue weighted by Crippen LogP contribution is 2.37. The van der Waals surface area contributed by atoms with E-state index in [0.717, 1.165) is 37.1 Å². The van der Waals surface area contributed by atoms with Crippen molar-refractivity contribution in [1.29, 1.82) is 0 Å². The van der Waals surface area contributed by atoms with Gasteiger partial charge in [0.2, 0.25) is 0 Å². The van der Waals surface area contributed by atoms with E-state index in [-0.39, 0.29) is 28.6 Å². The van der Waals surface area contributed by atoms with Crippen LogP contribution in [0.4, 0.5) is 10.2 Å². The first-order valence-corrected chi connectivity index (χ1v) is 12.7. The van der Waals surface area contributed by atoms with Crippen LogP contribution in [0.1, 0.15) is 51.3 Å². The number of benzene rings is 1. The number of Topliss-reactive ketones (excluding diaryl/α,β-unsaturated/α-hetero) is 1. The van der Waals surface area contributed by atoms with E-state index in [4.69, 9.17) is 33.7 Å². The number of nitrogens with zero attached hydrogens (tertiary/aromatic N) is 4. The van der Waals surface area contributed by atoms with Crippen LogP contribution >= 0.6 is 23.2 Å². The zero-order valence-electron chi connectivity index (χ0n) is 20.5. The van der Waals surface area contributed by atoms with Gasteiger partial charge in [0, 0.05) is 53.1 Å². The predicted octanol–water partition coefficient (Wildman–Crippen LogP) is 5.98. The first-order valence-electron chi connectivity index (χ1n) is 12.0. The van der Waals surface area contributed by atoms with Crippen molar-refractivity contribution in [1.82, 2.24) is 19.7 Å². The van der Waals surface area contributed by atoms with Gasteiger partial charge in [0.1, 0.15) is 17.7 Å². The monoisotopic (exact) mass is 533 g/mol. The molecule has 1 unspecified atom stereocenters. The Bertz CT molecular complexity index is 1240. The van der Waals surface area contributed by atoms with Crippen molar-refractivity contribution in [2.24, 2.45) is 5.92 Å². The lowest BCUT2D eigenvalue weighted by molar-refractivity contribution is -0.123. The highest BCUT2D eigenvalue weighted by Gasteiger charge is 2.24. The number of rotatable bonds is 8. The van der Waals surface area contributed by atoms with Crippen LogP contribution < -0.4 is 10.5 Å². The Labute approximate surface area is 220 Å². The molecule has 2 N–H and O–H groups in total. The van der Waals surface area contributed by atoms with Crippen LogP contribution in [0.3, 0.4) is 0 Å². The summed E-state index contributed by atoms with van der Waals surface area (Å²) in [6.07, 6.45) is 6.63. The van der Waals surface area contributed by atoms with Gasteiger partial charge in [-0.05, 0) is 38.0 Å². The second kappa shape index (κ2) is 11.2. The summed E-state index contributed by atoms with van der Waals surface area (Å²) in [5.41, 5.74) is 8.07. The number of nitrogens with two attached hydrogens (primary N) is 1. The Morgan fingerprint density at radius 3 is 2.61 bits per heavy atom. The topological polar surface area (TPSA) is 86.3 Å². The van der Waals surface area contributed by atoms with Crippen molar-refractivity contribution in [3.05, 3.63) is 58.2 Å². The van der Waals surface area contributed by atoms with Gasteiger partial charge >= 0.3 is 0 Å². The summed E-state index contributed by atoms with van der Waals surface area (Å²) in [5.74, 6) is 0.304. The molecule has 1 saturated heterocycles. The highest BCUT2D eigenvalue weighted by molar-refractivity contribution is 6.36. The molecule has 36 heavy (non-hydrogen) atoms. The minimum absolute atomic E-state index is 0.0598. The van der Waals surface area contributed by atoms with Crippen molar-refractivity contribution in [2.45, 2.75) is 45.8 Å². The zero-order chi connectivity index (χ0) is 26.0. The first-order chi connectivity index (χ1) is 17.1. The molecular formula is C26H30Cl2FN5O2. The molecule has 4 rings (SSSR count). The number of aromatic nitrogens is 3. The Morgan fingerprint density at radius 2 is 1.92 bits per heavy atom. The van der Waals surface area contributed by atoms with E-state index >= 15 is 0 Å². The largest absolute Gasteiger partial charge is 0.482 e. The number of hydrogen-bond donors (Lipinski definition) is 1. The summed E-state index contributed by atoms with van der Waals surface area (Å²) in [5, 5.41) is 4.80. The number of ketones is 1. The molecule has 0 spiro atoms. The SMILES string of the molecule is CC(C)C(=O)CN1CCC(n2cc(-c3cnc(N)c(OC(C)c4c(Cl)ccc(F)c4Cl)c3)cn2)CC1. The molecule has 1 aliphatic heterocycles. The smallest absolute Gasteiger partial charge is 0.166 e. The van der Waals surface area contributed by atoms with Gasteiger partial charge < -0.3 is 10.5 Å². The second-order valence-corrected chi connectivity index (χ2v) is 10.2. The van der Waals surface area contributed by atoms with E-state index < -0.39 is 11.9 Å². The summed E-state index contributed by atoms with van der Waals surface area (Å²) in [6, 6.07) is 4.70. The lowest BCUT2D eigenvalue weighted by atomic mass is 10.0. The third-order valence-corrected chi connectivity index (χ3v) is 7.27. The molecule has 7 nitrogen and oxygen atoms in total. The Morgan fingerprint density at radius 1 is 1.19 bits per heavy atom. The Balaban J connectivity index is 1.46. The minimum atomic E-state index is -0.657. The zero-order valence-corrected chi connectivity index (χ0v) is 22.1. The average Bonchev–Trinajstić information content (AvgIpc) is 3.34. The van der Waals surface area contributed by atoms with Crippen LogP contribution in [0.15, 0.2) is 36.8 Å².